The van der Waals surface area contributed by atoms with Gasteiger partial charge in [-0.05, 0) is 12.8 Å². The minimum atomic E-state index is -0.288. The average Bonchev–Trinajstić information content (AvgIpc) is 1.85. The molecule has 2 amide bonds. The maximum atomic E-state index is 10.2. The van der Waals surface area contributed by atoms with E-state index in [1.54, 1.807) is 0 Å². The molecular weight excluding hydrogens is 180 g/mol. The van der Waals surface area contributed by atoms with Gasteiger partial charge in [0.1, 0.15) is 0 Å². The molecule has 0 aromatic rings. The van der Waals surface area contributed by atoms with Crippen molar-refractivity contribution in [1.82, 2.24) is 0 Å². The van der Waals surface area contributed by atoms with E-state index < -0.39 is 0 Å². The summed E-state index contributed by atoms with van der Waals surface area (Å²) in [5.74, 6) is -0.576. The third-order valence-electron chi connectivity index (χ3n) is 1.35. The van der Waals surface area contributed by atoms with Crippen molar-refractivity contribution in [3.8, 4) is 0 Å². The topological polar surface area (TPSA) is 86.2 Å². The van der Waals surface area contributed by atoms with Crippen LogP contribution >= 0.6 is 12.4 Å². The maximum Gasteiger partial charge on any atom is 0.217 e. The van der Waals surface area contributed by atoms with Gasteiger partial charge in [0, 0.05) is 12.8 Å². The molecule has 0 aromatic heterocycles. The lowest BCUT2D eigenvalue weighted by Gasteiger charge is -1.95. The second kappa shape index (κ2) is 8.33. The van der Waals surface area contributed by atoms with Gasteiger partial charge in [-0.25, -0.2) is 0 Å². The zero-order chi connectivity index (χ0) is 8.69. The smallest absolute Gasteiger partial charge is 0.217 e. The molecule has 0 aliphatic heterocycles. The zero-order valence-corrected chi connectivity index (χ0v) is 7.73. The Morgan fingerprint density at radius 3 is 1.42 bits per heavy atom. The summed E-state index contributed by atoms with van der Waals surface area (Å²) in [6.07, 6.45) is 3.15. The Kier molecular flexibility index (Phi) is 9.57. The second-order valence-electron chi connectivity index (χ2n) is 2.49. The average molecular weight is 195 g/mol. The molecule has 0 unspecified atom stereocenters. The first-order chi connectivity index (χ1) is 5.13. The Bertz CT molecular complexity index is 134. The third-order valence-corrected chi connectivity index (χ3v) is 1.35. The molecule has 0 spiro atoms. The van der Waals surface area contributed by atoms with E-state index in [1.165, 1.54) is 0 Å². The van der Waals surface area contributed by atoms with E-state index in [-0.39, 0.29) is 24.2 Å². The highest BCUT2D eigenvalue weighted by Gasteiger charge is 1.96. The predicted molar refractivity (Wildman–Crippen MR) is 48.7 cm³/mol. The normalized spacial score (nSPS) is 8.67. The Hall–Kier alpha value is -0.770. The van der Waals surface area contributed by atoms with Crippen LogP contribution in [0.3, 0.4) is 0 Å². The highest BCUT2D eigenvalue weighted by atomic mass is 35.5. The maximum absolute atomic E-state index is 10.2. The molecule has 0 aliphatic rings. The number of amides is 2. The van der Waals surface area contributed by atoms with Crippen molar-refractivity contribution >= 4 is 24.2 Å². The van der Waals surface area contributed by atoms with Crippen LogP contribution < -0.4 is 11.5 Å². The molecule has 0 fully saturated rings. The van der Waals surface area contributed by atoms with Gasteiger partial charge in [-0.2, -0.15) is 0 Å². The lowest BCUT2D eigenvalue weighted by molar-refractivity contribution is -0.118. The molecule has 0 heterocycles. The first-order valence-electron chi connectivity index (χ1n) is 3.69. The first kappa shape index (κ1) is 13.8. The molecular formula is C7H15ClN2O2. The monoisotopic (exact) mass is 194 g/mol. The number of carbonyl (C=O) groups excluding carboxylic acids is 2. The van der Waals surface area contributed by atoms with Crippen molar-refractivity contribution in [3.63, 3.8) is 0 Å². The van der Waals surface area contributed by atoms with Crippen LogP contribution in [0.5, 0.6) is 0 Å². The third kappa shape index (κ3) is 12.0. The number of rotatable bonds is 6. The molecule has 0 atom stereocenters. The van der Waals surface area contributed by atoms with E-state index in [1.807, 2.05) is 0 Å². The number of hydrogen-bond donors (Lipinski definition) is 2. The fraction of sp³-hybridized carbons (Fsp3) is 0.714. The van der Waals surface area contributed by atoms with Crippen molar-refractivity contribution in [3.05, 3.63) is 0 Å². The number of primary amides is 2. The molecule has 0 saturated heterocycles. The van der Waals surface area contributed by atoms with Crippen molar-refractivity contribution < 1.29 is 9.59 Å². The van der Waals surface area contributed by atoms with E-state index >= 15 is 0 Å². The fourth-order valence-electron chi connectivity index (χ4n) is 0.775. The van der Waals surface area contributed by atoms with Crippen LogP contribution in [0.2, 0.25) is 0 Å². The number of carbonyl (C=O) groups is 2. The Labute approximate surface area is 78.1 Å². The minimum absolute atomic E-state index is 0. The molecule has 0 rings (SSSR count). The predicted octanol–water partition coefficient (Wildman–Crippen LogP) is 0.329. The molecule has 5 heteroatoms. The summed E-state index contributed by atoms with van der Waals surface area (Å²) in [5, 5.41) is 0. The summed E-state index contributed by atoms with van der Waals surface area (Å²) in [7, 11) is 0. The molecule has 4 N–H and O–H groups in total. The lowest BCUT2D eigenvalue weighted by Crippen LogP contribution is -2.11. The molecule has 0 saturated carbocycles. The van der Waals surface area contributed by atoms with Crippen LogP contribution in [-0.2, 0) is 9.59 Å². The lowest BCUT2D eigenvalue weighted by atomic mass is 10.1. The summed E-state index contributed by atoms with van der Waals surface area (Å²) in [4.78, 5) is 20.5. The molecule has 4 nitrogen and oxygen atoms in total. The Balaban J connectivity index is 0. The Morgan fingerprint density at radius 1 is 0.833 bits per heavy atom. The summed E-state index contributed by atoms with van der Waals surface area (Å²) >= 11 is 0. The molecule has 0 radical (unpaired) electrons. The number of nitrogens with two attached hydrogens (primary N) is 2. The zero-order valence-electron chi connectivity index (χ0n) is 6.91. The first-order valence-corrected chi connectivity index (χ1v) is 3.69. The van der Waals surface area contributed by atoms with Crippen LogP contribution in [0.25, 0.3) is 0 Å². The van der Waals surface area contributed by atoms with Crippen LogP contribution in [0.15, 0.2) is 0 Å². The standard InChI is InChI=1S/C7H14N2O2.ClH/c8-6(10)4-2-1-3-5-7(9)11;/h1-5H2,(H2,8,10)(H2,9,11);1H. The number of hydrogen-bond acceptors (Lipinski definition) is 2. The van der Waals surface area contributed by atoms with Gasteiger partial charge in [0.15, 0.2) is 0 Å². The summed E-state index contributed by atoms with van der Waals surface area (Å²) in [6.45, 7) is 0. The van der Waals surface area contributed by atoms with Crippen LogP contribution in [0.4, 0.5) is 0 Å². The van der Waals surface area contributed by atoms with Crippen LogP contribution in [0.1, 0.15) is 32.1 Å². The fourth-order valence-corrected chi connectivity index (χ4v) is 0.775. The van der Waals surface area contributed by atoms with Crippen molar-refractivity contribution in [1.29, 1.82) is 0 Å². The minimum Gasteiger partial charge on any atom is -0.370 e. The van der Waals surface area contributed by atoms with Crippen molar-refractivity contribution in [2.45, 2.75) is 32.1 Å². The molecule has 12 heavy (non-hydrogen) atoms. The Morgan fingerprint density at radius 2 is 1.17 bits per heavy atom. The van der Waals surface area contributed by atoms with Gasteiger partial charge in [-0.1, -0.05) is 6.42 Å². The molecule has 72 valence electrons. The van der Waals surface area contributed by atoms with Crippen LogP contribution in [-0.4, -0.2) is 11.8 Å². The van der Waals surface area contributed by atoms with E-state index in [4.69, 9.17) is 11.5 Å². The summed E-state index contributed by atoms with van der Waals surface area (Å²) < 4.78 is 0. The van der Waals surface area contributed by atoms with Gasteiger partial charge in [-0.15, -0.1) is 12.4 Å². The van der Waals surface area contributed by atoms with E-state index in [9.17, 15) is 9.59 Å². The van der Waals surface area contributed by atoms with E-state index in [2.05, 4.69) is 0 Å². The van der Waals surface area contributed by atoms with Gasteiger partial charge in [0.05, 0.1) is 0 Å². The largest absolute Gasteiger partial charge is 0.370 e. The highest BCUT2D eigenvalue weighted by molar-refractivity contribution is 5.85. The highest BCUT2D eigenvalue weighted by Crippen LogP contribution is 2.01. The molecule has 0 aliphatic carbocycles. The summed E-state index contributed by atoms with van der Waals surface area (Å²) in [5.41, 5.74) is 9.81. The van der Waals surface area contributed by atoms with Gasteiger partial charge < -0.3 is 11.5 Å². The van der Waals surface area contributed by atoms with E-state index in [0.717, 1.165) is 19.3 Å². The quantitative estimate of drug-likeness (QED) is 0.597. The van der Waals surface area contributed by atoms with Gasteiger partial charge >= 0.3 is 0 Å². The second-order valence-corrected chi connectivity index (χ2v) is 2.49. The summed E-state index contributed by atoms with van der Waals surface area (Å²) in [6, 6.07) is 0. The van der Waals surface area contributed by atoms with Gasteiger partial charge in [0.2, 0.25) is 11.8 Å². The van der Waals surface area contributed by atoms with Gasteiger partial charge in [-0.3, -0.25) is 9.59 Å². The van der Waals surface area contributed by atoms with Gasteiger partial charge in [0.25, 0.3) is 0 Å². The van der Waals surface area contributed by atoms with Crippen molar-refractivity contribution in [2.75, 3.05) is 0 Å². The van der Waals surface area contributed by atoms with E-state index in [0.29, 0.717) is 12.8 Å². The molecule has 0 bridgehead atoms. The van der Waals surface area contributed by atoms with Crippen LogP contribution in [0, 0.1) is 0 Å². The van der Waals surface area contributed by atoms with Crippen molar-refractivity contribution in [2.24, 2.45) is 11.5 Å². The number of unbranched alkanes of at least 4 members (excludes halogenated alkanes) is 2. The molecule has 0 aromatic carbocycles. The number of halogens is 1. The SMILES string of the molecule is Cl.NC(=O)CCCCCC(N)=O.